The lowest BCUT2D eigenvalue weighted by Gasteiger charge is -2.19. The average Bonchev–Trinajstić information content (AvgIpc) is 2.78. The molecule has 0 fully saturated rings. The Hall–Kier alpha value is -4.00. The van der Waals surface area contributed by atoms with Crippen molar-refractivity contribution >= 4 is 17.6 Å². The standard InChI is InChI=1S/C23H20N2O5/c26-22(16-30-23(27)19-13-7-8-14-21(19)25(28)29)24-20(18-11-5-2-6-12-18)15-17-9-3-1-4-10-17/h1-14,20H,15-16H2,(H,24,26)/t20-/m1/s1. The third kappa shape index (κ3) is 5.51. The molecule has 0 radical (unpaired) electrons. The third-order valence-corrected chi connectivity index (χ3v) is 4.47. The SMILES string of the molecule is O=C(COC(=O)c1ccccc1[N+](=O)[O-])N[C@H](Cc1ccccc1)c1ccccc1. The van der Waals surface area contributed by atoms with Gasteiger partial charge in [0.1, 0.15) is 5.56 Å². The molecule has 7 heteroatoms. The summed E-state index contributed by atoms with van der Waals surface area (Å²) in [6.07, 6.45) is 0.564. The highest BCUT2D eigenvalue weighted by molar-refractivity contribution is 5.95. The first-order valence-corrected chi connectivity index (χ1v) is 9.33. The molecule has 0 aliphatic rings. The van der Waals surface area contributed by atoms with Crippen LogP contribution in [0.1, 0.15) is 27.5 Å². The molecule has 7 nitrogen and oxygen atoms in total. The minimum atomic E-state index is -0.920. The van der Waals surface area contributed by atoms with Crippen molar-refractivity contribution < 1.29 is 19.2 Å². The molecule has 0 aromatic heterocycles. The Morgan fingerprint density at radius 3 is 2.17 bits per heavy atom. The number of esters is 1. The van der Waals surface area contributed by atoms with Crippen molar-refractivity contribution in [2.75, 3.05) is 6.61 Å². The fourth-order valence-corrected chi connectivity index (χ4v) is 3.04. The summed E-state index contributed by atoms with van der Waals surface area (Å²) < 4.78 is 5.01. The zero-order valence-electron chi connectivity index (χ0n) is 16.1. The minimum absolute atomic E-state index is 0.195. The van der Waals surface area contributed by atoms with Crippen LogP contribution < -0.4 is 5.32 Å². The second-order valence-electron chi connectivity index (χ2n) is 6.57. The maximum Gasteiger partial charge on any atom is 0.345 e. The van der Waals surface area contributed by atoms with E-state index in [9.17, 15) is 19.7 Å². The van der Waals surface area contributed by atoms with Crippen LogP contribution in [0.15, 0.2) is 84.9 Å². The fourth-order valence-electron chi connectivity index (χ4n) is 3.04. The number of rotatable bonds is 8. The Balaban J connectivity index is 1.66. The van der Waals surface area contributed by atoms with Crippen molar-refractivity contribution in [2.45, 2.75) is 12.5 Å². The van der Waals surface area contributed by atoms with Crippen LogP contribution in [0.4, 0.5) is 5.69 Å². The second kappa shape index (κ2) is 9.97. The predicted octanol–water partition coefficient (Wildman–Crippen LogP) is 3.85. The molecule has 1 atom stereocenters. The highest BCUT2D eigenvalue weighted by atomic mass is 16.6. The lowest BCUT2D eigenvalue weighted by Crippen LogP contribution is -2.33. The molecule has 0 saturated carbocycles. The van der Waals surface area contributed by atoms with E-state index in [-0.39, 0.29) is 17.3 Å². The molecule has 1 N–H and O–H groups in total. The van der Waals surface area contributed by atoms with Crippen LogP contribution in [-0.4, -0.2) is 23.4 Å². The van der Waals surface area contributed by atoms with Crippen LogP contribution in [0.5, 0.6) is 0 Å². The number of nitrogens with zero attached hydrogens (tertiary/aromatic N) is 1. The molecule has 0 unspecified atom stereocenters. The van der Waals surface area contributed by atoms with Gasteiger partial charge in [-0.1, -0.05) is 72.8 Å². The largest absolute Gasteiger partial charge is 0.452 e. The highest BCUT2D eigenvalue weighted by Crippen LogP contribution is 2.20. The van der Waals surface area contributed by atoms with Crippen molar-refractivity contribution in [2.24, 2.45) is 0 Å². The third-order valence-electron chi connectivity index (χ3n) is 4.47. The molecule has 3 rings (SSSR count). The number of nitrogens with one attached hydrogen (secondary N) is 1. The molecule has 1 amide bonds. The van der Waals surface area contributed by atoms with E-state index in [1.807, 2.05) is 60.7 Å². The number of benzene rings is 3. The van der Waals surface area contributed by atoms with Gasteiger partial charge in [0.2, 0.25) is 0 Å². The van der Waals surface area contributed by atoms with E-state index in [0.717, 1.165) is 11.1 Å². The molecule has 3 aromatic rings. The summed E-state index contributed by atoms with van der Waals surface area (Å²) in [5.41, 5.74) is 1.40. The highest BCUT2D eigenvalue weighted by Gasteiger charge is 2.22. The van der Waals surface area contributed by atoms with Gasteiger partial charge in [0.05, 0.1) is 11.0 Å². The van der Waals surface area contributed by atoms with Gasteiger partial charge in [-0.15, -0.1) is 0 Å². The summed E-state index contributed by atoms with van der Waals surface area (Å²) in [4.78, 5) is 35.1. The molecule has 0 saturated heterocycles. The van der Waals surface area contributed by atoms with Crippen molar-refractivity contribution in [3.63, 3.8) is 0 Å². The summed E-state index contributed by atoms with van der Waals surface area (Å²) in [7, 11) is 0. The second-order valence-corrected chi connectivity index (χ2v) is 6.57. The lowest BCUT2D eigenvalue weighted by atomic mass is 9.99. The summed E-state index contributed by atoms with van der Waals surface area (Å²) >= 11 is 0. The lowest BCUT2D eigenvalue weighted by molar-refractivity contribution is -0.385. The Morgan fingerprint density at radius 2 is 1.50 bits per heavy atom. The van der Waals surface area contributed by atoms with Crippen LogP contribution in [0.3, 0.4) is 0 Å². The van der Waals surface area contributed by atoms with Crippen LogP contribution in [0, 0.1) is 10.1 Å². The predicted molar refractivity (Wildman–Crippen MR) is 111 cm³/mol. The molecule has 0 spiro atoms. The number of amides is 1. The topological polar surface area (TPSA) is 98.5 Å². The van der Waals surface area contributed by atoms with Gasteiger partial charge >= 0.3 is 5.97 Å². The number of hydrogen-bond donors (Lipinski definition) is 1. The van der Waals surface area contributed by atoms with Gasteiger partial charge in [0, 0.05) is 6.07 Å². The van der Waals surface area contributed by atoms with Gasteiger partial charge in [-0.05, 0) is 23.6 Å². The summed E-state index contributed by atoms with van der Waals surface area (Å²) in [5, 5.41) is 13.9. The van der Waals surface area contributed by atoms with Gasteiger partial charge in [-0.3, -0.25) is 14.9 Å². The molecule has 0 aliphatic heterocycles. The Morgan fingerprint density at radius 1 is 0.900 bits per heavy atom. The average molecular weight is 404 g/mol. The number of hydrogen-bond acceptors (Lipinski definition) is 5. The normalized spacial score (nSPS) is 11.3. The molecule has 0 bridgehead atoms. The van der Waals surface area contributed by atoms with Gasteiger partial charge in [-0.25, -0.2) is 4.79 Å². The molecular weight excluding hydrogens is 384 g/mol. The number of carbonyl (C=O) groups is 2. The summed E-state index contributed by atoms with van der Waals surface area (Å²) in [6, 6.07) is 24.3. The van der Waals surface area contributed by atoms with E-state index in [2.05, 4.69) is 5.32 Å². The summed E-state index contributed by atoms with van der Waals surface area (Å²) in [5.74, 6) is -1.41. The molecule has 0 heterocycles. The zero-order valence-corrected chi connectivity index (χ0v) is 16.1. The smallest absolute Gasteiger partial charge is 0.345 e. The molecule has 30 heavy (non-hydrogen) atoms. The van der Waals surface area contributed by atoms with E-state index in [1.54, 1.807) is 0 Å². The van der Waals surface area contributed by atoms with Crippen molar-refractivity contribution in [3.8, 4) is 0 Å². The fraction of sp³-hybridized carbons (Fsp3) is 0.130. The number of nitro benzene ring substituents is 1. The molecule has 3 aromatic carbocycles. The Bertz CT molecular complexity index is 1020. The van der Waals surface area contributed by atoms with E-state index in [0.29, 0.717) is 6.42 Å². The quantitative estimate of drug-likeness (QED) is 0.349. The first kappa shape index (κ1) is 20.7. The van der Waals surface area contributed by atoms with Crippen LogP contribution in [-0.2, 0) is 16.0 Å². The maximum atomic E-state index is 12.4. The zero-order chi connectivity index (χ0) is 21.3. The monoisotopic (exact) mass is 404 g/mol. The van der Waals surface area contributed by atoms with Crippen molar-refractivity contribution in [1.29, 1.82) is 0 Å². The van der Waals surface area contributed by atoms with Crippen LogP contribution in [0.25, 0.3) is 0 Å². The van der Waals surface area contributed by atoms with Crippen LogP contribution >= 0.6 is 0 Å². The number of carbonyl (C=O) groups excluding carboxylic acids is 2. The number of ether oxygens (including phenoxy) is 1. The number of nitro groups is 1. The van der Waals surface area contributed by atoms with Crippen molar-refractivity contribution in [3.05, 3.63) is 112 Å². The Kier molecular flexibility index (Phi) is 6.89. The van der Waals surface area contributed by atoms with Gasteiger partial charge in [0.25, 0.3) is 11.6 Å². The van der Waals surface area contributed by atoms with Gasteiger partial charge in [0.15, 0.2) is 6.61 Å². The maximum absolute atomic E-state index is 12.4. The van der Waals surface area contributed by atoms with E-state index in [4.69, 9.17) is 4.74 Å². The Labute approximate surface area is 173 Å². The molecule has 152 valence electrons. The molecular formula is C23H20N2O5. The number of para-hydroxylation sites is 1. The van der Waals surface area contributed by atoms with Crippen molar-refractivity contribution in [1.82, 2.24) is 5.32 Å². The first-order valence-electron chi connectivity index (χ1n) is 9.33. The first-order chi connectivity index (χ1) is 14.5. The van der Waals surface area contributed by atoms with E-state index in [1.165, 1.54) is 24.3 Å². The van der Waals surface area contributed by atoms with E-state index >= 15 is 0 Å². The summed E-state index contributed by atoms with van der Waals surface area (Å²) in [6.45, 7) is -0.539. The molecule has 0 aliphatic carbocycles. The minimum Gasteiger partial charge on any atom is -0.452 e. The van der Waals surface area contributed by atoms with Gasteiger partial charge in [-0.2, -0.15) is 0 Å². The van der Waals surface area contributed by atoms with E-state index < -0.39 is 23.4 Å². The van der Waals surface area contributed by atoms with Crippen LogP contribution in [0.2, 0.25) is 0 Å². The van der Waals surface area contributed by atoms with Gasteiger partial charge < -0.3 is 10.1 Å².